The monoisotopic (exact) mass is 514 g/mol. The summed E-state index contributed by atoms with van der Waals surface area (Å²) in [5.41, 5.74) is 11.2. The molecule has 36 heavy (non-hydrogen) atoms. The first kappa shape index (κ1) is 34.5. The van der Waals surface area contributed by atoms with E-state index in [1.165, 1.54) is 0 Å². The maximum atomic E-state index is 12.8. The number of rotatable bonds is 25. The zero-order valence-electron chi connectivity index (χ0n) is 23.7. The van der Waals surface area contributed by atoms with E-state index in [0.717, 1.165) is 103 Å². The third-order valence-corrected chi connectivity index (χ3v) is 6.37. The third kappa shape index (κ3) is 20.6. The highest BCUT2D eigenvalue weighted by Gasteiger charge is 2.20. The Kier molecular flexibility index (Phi) is 25.4. The molecule has 0 atom stereocenters. The van der Waals surface area contributed by atoms with Crippen LogP contribution in [0.5, 0.6) is 0 Å². The van der Waals surface area contributed by atoms with Gasteiger partial charge in [0.05, 0.1) is 13.2 Å². The molecule has 8 heteroatoms. The summed E-state index contributed by atoms with van der Waals surface area (Å²) in [5, 5.41) is 0. The molecule has 4 N–H and O–H groups in total. The van der Waals surface area contributed by atoms with Crippen molar-refractivity contribution in [2.75, 3.05) is 52.5 Å². The quantitative estimate of drug-likeness (QED) is 0.143. The number of unbranched alkanes of at least 4 members (excludes halogenated alkanes) is 12. The zero-order valence-corrected chi connectivity index (χ0v) is 23.7. The van der Waals surface area contributed by atoms with E-state index in [1.54, 1.807) is 9.80 Å². The van der Waals surface area contributed by atoms with Gasteiger partial charge in [-0.25, -0.2) is 9.59 Å². The molecule has 0 heterocycles. The van der Waals surface area contributed by atoms with Gasteiger partial charge in [-0.05, 0) is 51.6 Å². The lowest BCUT2D eigenvalue weighted by molar-refractivity contribution is 0.0816. The molecule has 0 radical (unpaired) electrons. The molecular formula is C28H58N4O4. The van der Waals surface area contributed by atoms with Crippen molar-refractivity contribution in [2.24, 2.45) is 11.5 Å². The highest BCUT2D eigenvalue weighted by Crippen LogP contribution is 2.09. The lowest BCUT2D eigenvalue weighted by Crippen LogP contribution is -2.42. The maximum absolute atomic E-state index is 12.8. The molecule has 0 aromatic carbocycles. The van der Waals surface area contributed by atoms with E-state index in [9.17, 15) is 9.59 Å². The maximum Gasteiger partial charge on any atom is 0.409 e. The van der Waals surface area contributed by atoms with Crippen molar-refractivity contribution in [1.82, 2.24) is 9.80 Å². The number of carbonyl (C=O) groups excluding carboxylic acids is 2. The van der Waals surface area contributed by atoms with E-state index in [2.05, 4.69) is 13.8 Å². The van der Waals surface area contributed by atoms with E-state index in [1.807, 2.05) is 0 Å². The van der Waals surface area contributed by atoms with Gasteiger partial charge in [-0.1, -0.05) is 78.1 Å². The summed E-state index contributed by atoms with van der Waals surface area (Å²) < 4.78 is 11.1. The first-order chi connectivity index (χ1) is 17.6. The Morgan fingerprint density at radius 2 is 0.861 bits per heavy atom. The summed E-state index contributed by atoms with van der Waals surface area (Å²) in [5.74, 6) is 0. The molecule has 0 aliphatic rings. The second-order valence-electron chi connectivity index (χ2n) is 9.73. The summed E-state index contributed by atoms with van der Waals surface area (Å²) in [6, 6.07) is 0. The van der Waals surface area contributed by atoms with Gasteiger partial charge >= 0.3 is 12.2 Å². The van der Waals surface area contributed by atoms with Gasteiger partial charge in [-0.15, -0.1) is 0 Å². The van der Waals surface area contributed by atoms with Crippen molar-refractivity contribution in [3.63, 3.8) is 0 Å². The predicted molar refractivity (Wildman–Crippen MR) is 149 cm³/mol. The van der Waals surface area contributed by atoms with Crippen molar-refractivity contribution >= 4 is 12.2 Å². The van der Waals surface area contributed by atoms with Crippen LogP contribution in [0.15, 0.2) is 0 Å². The molecule has 2 amide bonds. The SMILES string of the molecule is CCCCCCOC(=O)N(CCCCCCN)CCN(CCCCCCN)C(=O)OCCCCCC. The summed E-state index contributed by atoms with van der Waals surface area (Å²) in [4.78, 5) is 29.2. The van der Waals surface area contributed by atoms with Gasteiger partial charge in [0, 0.05) is 26.2 Å². The number of nitrogens with two attached hydrogens (primary N) is 2. The minimum Gasteiger partial charge on any atom is -0.449 e. The smallest absolute Gasteiger partial charge is 0.409 e. The fourth-order valence-corrected chi connectivity index (χ4v) is 3.99. The van der Waals surface area contributed by atoms with Gasteiger partial charge < -0.3 is 30.7 Å². The Bertz CT molecular complexity index is 464. The number of hydrogen-bond acceptors (Lipinski definition) is 6. The standard InChI is InChI=1S/C28H58N4O4/c1-3-5-7-17-25-35-27(33)31(21-15-11-9-13-19-29)23-24-32(22-16-12-10-14-20-30)28(34)36-26-18-8-6-4-2/h3-26,29-30H2,1-2H3. The lowest BCUT2D eigenvalue weighted by Gasteiger charge is -2.27. The Morgan fingerprint density at radius 1 is 0.500 bits per heavy atom. The number of hydrogen-bond donors (Lipinski definition) is 2. The summed E-state index contributed by atoms with van der Waals surface area (Å²) >= 11 is 0. The first-order valence-corrected chi connectivity index (χ1v) is 14.8. The normalized spacial score (nSPS) is 10.9. The van der Waals surface area contributed by atoms with Crippen LogP contribution < -0.4 is 11.5 Å². The summed E-state index contributed by atoms with van der Waals surface area (Å²) in [6.07, 6.45) is 16.0. The average molecular weight is 515 g/mol. The summed E-state index contributed by atoms with van der Waals surface area (Å²) in [7, 11) is 0. The van der Waals surface area contributed by atoms with Gasteiger partial charge in [-0.3, -0.25) is 0 Å². The van der Waals surface area contributed by atoms with Crippen LogP contribution in [0, 0.1) is 0 Å². The highest BCUT2D eigenvalue weighted by molar-refractivity contribution is 5.69. The van der Waals surface area contributed by atoms with Gasteiger partial charge in [0.2, 0.25) is 0 Å². The minimum atomic E-state index is -0.277. The molecular weight excluding hydrogens is 456 g/mol. The van der Waals surface area contributed by atoms with Crippen LogP contribution in [0.1, 0.15) is 117 Å². The topological polar surface area (TPSA) is 111 Å². The van der Waals surface area contributed by atoms with Crippen molar-refractivity contribution in [2.45, 2.75) is 117 Å². The van der Waals surface area contributed by atoms with Crippen LogP contribution in [0.4, 0.5) is 9.59 Å². The molecule has 0 bridgehead atoms. The van der Waals surface area contributed by atoms with E-state index in [-0.39, 0.29) is 12.2 Å². The Hall–Kier alpha value is -1.54. The largest absolute Gasteiger partial charge is 0.449 e. The number of carbonyl (C=O) groups is 2. The molecule has 214 valence electrons. The van der Waals surface area contributed by atoms with Crippen molar-refractivity contribution in [1.29, 1.82) is 0 Å². The number of ether oxygens (including phenoxy) is 2. The van der Waals surface area contributed by atoms with E-state index in [0.29, 0.717) is 52.5 Å². The summed E-state index contributed by atoms with van der Waals surface area (Å²) in [6.45, 7) is 8.81. The van der Waals surface area contributed by atoms with Gasteiger partial charge in [0.1, 0.15) is 0 Å². The van der Waals surface area contributed by atoms with Gasteiger partial charge in [-0.2, -0.15) is 0 Å². The molecule has 0 aromatic rings. The molecule has 0 fully saturated rings. The van der Waals surface area contributed by atoms with Crippen LogP contribution in [0.3, 0.4) is 0 Å². The molecule has 0 saturated carbocycles. The van der Waals surface area contributed by atoms with Crippen molar-refractivity contribution in [3.05, 3.63) is 0 Å². The zero-order chi connectivity index (χ0) is 26.7. The molecule has 0 unspecified atom stereocenters. The molecule has 0 aliphatic heterocycles. The van der Waals surface area contributed by atoms with Crippen LogP contribution in [-0.4, -0.2) is 74.5 Å². The average Bonchev–Trinajstić information content (AvgIpc) is 2.88. The molecule has 0 rings (SSSR count). The van der Waals surface area contributed by atoms with Crippen molar-refractivity contribution < 1.29 is 19.1 Å². The fraction of sp³-hybridized carbons (Fsp3) is 0.929. The van der Waals surface area contributed by atoms with Crippen LogP contribution in [0.25, 0.3) is 0 Å². The van der Waals surface area contributed by atoms with E-state index < -0.39 is 0 Å². The number of amides is 2. The van der Waals surface area contributed by atoms with Crippen molar-refractivity contribution in [3.8, 4) is 0 Å². The predicted octanol–water partition coefficient (Wildman–Crippen LogP) is 6.06. The fourth-order valence-electron chi connectivity index (χ4n) is 3.99. The first-order valence-electron chi connectivity index (χ1n) is 14.8. The van der Waals surface area contributed by atoms with Crippen LogP contribution in [0.2, 0.25) is 0 Å². The molecule has 0 saturated heterocycles. The third-order valence-electron chi connectivity index (χ3n) is 6.37. The van der Waals surface area contributed by atoms with Crippen LogP contribution >= 0.6 is 0 Å². The Morgan fingerprint density at radius 3 is 1.22 bits per heavy atom. The van der Waals surface area contributed by atoms with E-state index in [4.69, 9.17) is 20.9 Å². The molecule has 0 spiro atoms. The van der Waals surface area contributed by atoms with Gasteiger partial charge in [0.15, 0.2) is 0 Å². The lowest BCUT2D eigenvalue weighted by atomic mass is 10.2. The molecule has 0 aromatic heterocycles. The highest BCUT2D eigenvalue weighted by atomic mass is 16.6. The minimum absolute atomic E-state index is 0.277. The Balaban J connectivity index is 4.86. The van der Waals surface area contributed by atoms with Gasteiger partial charge in [0.25, 0.3) is 0 Å². The molecule has 8 nitrogen and oxygen atoms in total. The number of nitrogens with zero attached hydrogens (tertiary/aromatic N) is 2. The molecule has 0 aliphatic carbocycles. The van der Waals surface area contributed by atoms with E-state index >= 15 is 0 Å². The van der Waals surface area contributed by atoms with Crippen LogP contribution in [-0.2, 0) is 9.47 Å². The second kappa shape index (κ2) is 26.5. The second-order valence-corrected chi connectivity index (χ2v) is 9.73. The Labute approximate surface area is 221 Å².